The number of aliphatic hydroxyl groups is 2. The summed E-state index contributed by atoms with van der Waals surface area (Å²) in [6.45, 7) is 6.25. The van der Waals surface area contributed by atoms with E-state index in [9.17, 15) is 19.8 Å². The molecule has 0 rings (SSSR count). The lowest BCUT2D eigenvalue weighted by Crippen LogP contribution is -2.46. The van der Waals surface area contributed by atoms with E-state index in [4.69, 9.17) is 4.74 Å². The van der Waals surface area contributed by atoms with Gasteiger partial charge in [0.15, 0.2) is 0 Å². The van der Waals surface area contributed by atoms with Crippen LogP contribution in [0.15, 0.2) is 109 Å². The Hall–Kier alpha value is -3.48. The Morgan fingerprint density at radius 3 is 1.47 bits per heavy atom. The second-order valence-electron chi connectivity index (χ2n) is 16.6. The van der Waals surface area contributed by atoms with E-state index in [1.54, 1.807) is 0 Å². The van der Waals surface area contributed by atoms with Gasteiger partial charge in [0.1, 0.15) is 6.10 Å². The molecule has 6 heteroatoms. The standard InChI is InChI=1S/C56H93NO5/c1-4-7-10-13-16-19-22-24-25-26-27-28-29-31-34-37-40-43-46-49-56(61)62-52(47-44-41-38-35-32-21-18-15-12-9-6-3)50-55(60)57-53(51-58)54(59)48-45-42-39-36-33-30-23-20-17-14-11-8-5-2/h9,12,15-16,18-19,21,24-25,27-28,31-32,34-35,38,41,44,52-54,58-59H,4-8,10-11,13-14,17,20,22-23,26,29-30,33,36-37,39-40,42-43,45-51H2,1-3H3,(H,57,60)/b12-9+,18-15+,19-16-,25-24-,28-27-,32-21-,34-31-,38-35-,44-41+. The van der Waals surface area contributed by atoms with Crippen LogP contribution in [0.1, 0.15) is 207 Å². The quantitative estimate of drug-likeness (QED) is 0.0246. The lowest BCUT2D eigenvalue weighted by molar-refractivity contribution is -0.150. The van der Waals surface area contributed by atoms with Crippen LogP contribution in [0, 0.1) is 0 Å². The average molecular weight is 860 g/mol. The molecule has 3 N–H and O–H groups in total. The molecular weight excluding hydrogens is 767 g/mol. The molecule has 0 aliphatic rings. The van der Waals surface area contributed by atoms with Crippen molar-refractivity contribution in [1.82, 2.24) is 5.32 Å². The number of hydrogen-bond acceptors (Lipinski definition) is 5. The van der Waals surface area contributed by atoms with Crippen molar-refractivity contribution in [3.8, 4) is 0 Å². The number of carbonyl (C=O) groups excluding carboxylic acids is 2. The molecule has 0 aromatic carbocycles. The summed E-state index contributed by atoms with van der Waals surface area (Å²) < 4.78 is 5.82. The summed E-state index contributed by atoms with van der Waals surface area (Å²) in [6.07, 6.45) is 66.0. The topological polar surface area (TPSA) is 95.9 Å². The number of hydrogen-bond donors (Lipinski definition) is 3. The van der Waals surface area contributed by atoms with Crippen LogP contribution >= 0.6 is 0 Å². The summed E-state index contributed by atoms with van der Waals surface area (Å²) in [7, 11) is 0. The van der Waals surface area contributed by atoms with Crippen LogP contribution in [0.3, 0.4) is 0 Å². The number of rotatable bonds is 43. The first-order valence-electron chi connectivity index (χ1n) is 25.2. The summed E-state index contributed by atoms with van der Waals surface area (Å²) in [4.78, 5) is 26.0. The molecule has 352 valence electrons. The van der Waals surface area contributed by atoms with E-state index in [0.717, 1.165) is 70.6 Å². The maximum Gasteiger partial charge on any atom is 0.306 e. The smallest absolute Gasteiger partial charge is 0.306 e. The van der Waals surface area contributed by atoms with Gasteiger partial charge in [-0.25, -0.2) is 0 Å². The van der Waals surface area contributed by atoms with Crippen molar-refractivity contribution in [2.45, 2.75) is 225 Å². The molecule has 3 atom stereocenters. The number of unbranched alkanes of at least 4 members (excludes halogenated alkanes) is 18. The predicted molar refractivity (Wildman–Crippen MR) is 268 cm³/mol. The van der Waals surface area contributed by atoms with Crippen molar-refractivity contribution in [2.75, 3.05) is 6.61 Å². The van der Waals surface area contributed by atoms with Gasteiger partial charge in [0.2, 0.25) is 5.91 Å². The third-order valence-electron chi connectivity index (χ3n) is 10.7. The second kappa shape index (κ2) is 48.6. The first-order chi connectivity index (χ1) is 30.5. The third kappa shape index (κ3) is 43.2. The molecule has 1 amide bonds. The first kappa shape index (κ1) is 58.5. The molecule has 0 radical (unpaired) electrons. The zero-order chi connectivity index (χ0) is 45.2. The van der Waals surface area contributed by atoms with E-state index in [0.29, 0.717) is 19.3 Å². The Bertz CT molecular complexity index is 1280. The summed E-state index contributed by atoms with van der Waals surface area (Å²) in [5, 5.41) is 23.7. The van der Waals surface area contributed by atoms with Gasteiger partial charge in [-0.3, -0.25) is 9.59 Å². The highest BCUT2D eigenvalue weighted by molar-refractivity contribution is 5.77. The largest absolute Gasteiger partial charge is 0.461 e. The minimum atomic E-state index is -0.829. The Morgan fingerprint density at radius 2 is 0.952 bits per heavy atom. The molecule has 0 spiro atoms. The summed E-state index contributed by atoms with van der Waals surface area (Å²) in [5.41, 5.74) is 0. The Labute approximate surface area is 381 Å². The van der Waals surface area contributed by atoms with Crippen molar-refractivity contribution in [3.05, 3.63) is 109 Å². The van der Waals surface area contributed by atoms with Gasteiger partial charge in [-0.15, -0.1) is 0 Å². The molecule has 0 fully saturated rings. The van der Waals surface area contributed by atoms with Gasteiger partial charge in [0.05, 0.1) is 25.2 Å². The van der Waals surface area contributed by atoms with E-state index in [-0.39, 0.29) is 24.9 Å². The van der Waals surface area contributed by atoms with Crippen LogP contribution in [0.25, 0.3) is 0 Å². The second-order valence-corrected chi connectivity index (χ2v) is 16.6. The van der Waals surface area contributed by atoms with Gasteiger partial charge in [-0.2, -0.15) is 0 Å². The van der Waals surface area contributed by atoms with Crippen LogP contribution in [0.2, 0.25) is 0 Å². The van der Waals surface area contributed by atoms with Crippen LogP contribution in [0.4, 0.5) is 0 Å². The Balaban J connectivity index is 4.71. The van der Waals surface area contributed by atoms with E-state index in [1.807, 2.05) is 54.7 Å². The lowest BCUT2D eigenvalue weighted by atomic mass is 10.0. The summed E-state index contributed by atoms with van der Waals surface area (Å²) in [5.74, 6) is -0.654. The number of nitrogens with one attached hydrogen (secondary N) is 1. The van der Waals surface area contributed by atoms with Crippen molar-refractivity contribution in [2.24, 2.45) is 0 Å². The van der Waals surface area contributed by atoms with Crippen molar-refractivity contribution in [3.63, 3.8) is 0 Å². The van der Waals surface area contributed by atoms with Crippen LogP contribution in [-0.2, 0) is 14.3 Å². The highest BCUT2D eigenvalue weighted by Crippen LogP contribution is 2.15. The fourth-order valence-corrected chi connectivity index (χ4v) is 6.90. The highest BCUT2D eigenvalue weighted by Gasteiger charge is 2.23. The van der Waals surface area contributed by atoms with Gasteiger partial charge in [-0.1, -0.05) is 233 Å². The van der Waals surface area contributed by atoms with Crippen molar-refractivity contribution in [1.29, 1.82) is 0 Å². The molecule has 6 nitrogen and oxygen atoms in total. The molecular formula is C56H93NO5. The molecule has 0 saturated heterocycles. The minimum Gasteiger partial charge on any atom is -0.461 e. The molecule has 0 bridgehead atoms. The Morgan fingerprint density at radius 1 is 0.516 bits per heavy atom. The molecule has 0 aromatic heterocycles. The molecule has 62 heavy (non-hydrogen) atoms. The first-order valence-corrected chi connectivity index (χ1v) is 25.2. The minimum absolute atomic E-state index is 0.0379. The van der Waals surface area contributed by atoms with Gasteiger partial charge >= 0.3 is 5.97 Å². The average Bonchev–Trinajstić information content (AvgIpc) is 3.26. The number of allylic oxidation sites excluding steroid dienone is 17. The molecule has 0 heterocycles. The van der Waals surface area contributed by atoms with Gasteiger partial charge in [0, 0.05) is 12.8 Å². The normalized spacial score (nSPS) is 14.2. The van der Waals surface area contributed by atoms with E-state index in [1.165, 1.54) is 89.9 Å². The monoisotopic (exact) mass is 860 g/mol. The van der Waals surface area contributed by atoms with Crippen molar-refractivity contribution < 1.29 is 24.5 Å². The van der Waals surface area contributed by atoms with Gasteiger partial charge < -0.3 is 20.3 Å². The summed E-state index contributed by atoms with van der Waals surface area (Å²) >= 11 is 0. The number of ether oxygens (including phenoxy) is 1. The zero-order valence-electron chi connectivity index (χ0n) is 40.0. The molecule has 0 aliphatic heterocycles. The number of amides is 1. The highest BCUT2D eigenvalue weighted by atomic mass is 16.5. The van der Waals surface area contributed by atoms with Crippen LogP contribution in [0.5, 0.6) is 0 Å². The van der Waals surface area contributed by atoms with Crippen LogP contribution < -0.4 is 5.32 Å². The summed E-state index contributed by atoms with van der Waals surface area (Å²) in [6, 6.07) is -0.752. The molecule has 0 aromatic rings. The molecule has 0 aliphatic carbocycles. The number of aliphatic hydroxyl groups excluding tert-OH is 2. The maximum atomic E-state index is 13.1. The van der Waals surface area contributed by atoms with E-state index >= 15 is 0 Å². The third-order valence-corrected chi connectivity index (χ3v) is 10.7. The fourth-order valence-electron chi connectivity index (χ4n) is 6.90. The zero-order valence-corrected chi connectivity index (χ0v) is 40.0. The van der Waals surface area contributed by atoms with Crippen molar-refractivity contribution >= 4 is 11.9 Å². The van der Waals surface area contributed by atoms with E-state index < -0.39 is 18.2 Å². The fraction of sp³-hybridized carbons (Fsp3) is 0.643. The predicted octanol–water partition coefficient (Wildman–Crippen LogP) is 15.1. The van der Waals surface area contributed by atoms with Crippen LogP contribution in [-0.4, -0.2) is 46.9 Å². The van der Waals surface area contributed by atoms with Gasteiger partial charge in [-0.05, 0) is 64.2 Å². The maximum absolute atomic E-state index is 13.1. The van der Waals surface area contributed by atoms with E-state index in [2.05, 4.69) is 80.8 Å². The van der Waals surface area contributed by atoms with Gasteiger partial charge in [0.25, 0.3) is 0 Å². The number of carbonyl (C=O) groups is 2. The lowest BCUT2D eigenvalue weighted by Gasteiger charge is -2.24. The molecule has 0 saturated carbocycles. The molecule has 3 unspecified atom stereocenters. The Kier molecular flexibility index (Phi) is 45.8. The number of esters is 1. The SMILES string of the molecule is CC/C=C/C=C/C=C\C=C/C=C/CC(CC(=O)NC(CO)C(O)CCCCCCCCCCCCCCC)OC(=O)CCCCC/C=C\C/C=C\C/C=C\C/C=C\CCCCC.